The number of rotatable bonds is 5. The van der Waals surface area contributed by atoms with E-state index in [-0.39, 0.29) is 5.91 Å². The second-order valence-electron chi connectivity index (χ2n) is 6.54. The van der Waals surface area contributed by atoms with Crippen molar-refractivity contribution in [3.63, 3.8) is 0 Å². The minimum Gasteiger partial charge on any atom is -0.440 e. The van der Waals surface area contributed by atoms with E-state index in [4.69, 9.17) is 4.42 Å². The maximum absolute atomic E-state index is 12.6. The third-order valence-electron chi connectivity index (χ3n) is 4.41. The lowest BCUT2D eigenvalue weighted by molar-refractivity contribution is 0.0944. The Balaban J connectivity index is 1.55. The van der Waals surface area contributed by atoms with Crippen LogP contribution in [0.15, 0.2) is 59.0 Å². The number of oxazole rings is 1. The van der Waals surface area contributed by atoms with E-state index in [2.05, 4.69) is 10.3 Å². The van der Waals surface area contributed by atoms with Crippen molar-refractivity contribution < 1.29 is 9.21 Å². The zero-order valence-electron chi connectivity index (χ0n) is 14.2. The molecule has 1 N–H and O–H groups in total. The molecule has 25 heavy (non-hydrogen) atoms. The molecular formula is C21H20N2O2. The van der Waals surface area contributed by atoms with E-state index in [1.807, 2.05) is 61.5 Å². The molecule has 0 aliphatic heterocycles. The van der Waals surface area contributed by atoms with Crippen molar-refractivity contribution in [2.45, 2.75) is 32.2 Å². The summed E-state index contributed by atoms with van der Waals surface area (Å²) in [6.07, 6.45) is 2.11. The maximum Gasteiger partial charge on any atom is 0.273 e. The SMILES string of the molecule is Cc1ccc(CNC(=O)c2nc(-c3ccccc3)oc2C2CC2)cc1. The Labute approximate surface area is 146 Å². The molecule has 4 rings (SSSR count). The van der Waals surface area contributed by atoms with Gasteiger partial charge in [0, 0.05) is 18.0 Å². The third-order valence-corrected chi connectivity index (χ3v) is 4.41. The molecule has 0 atom stereocenters. The number of carbonyl (C=O) groups excluding carboxylic acids is 1. The monoisotopic (exact) mass is 332 g/mol. The second-order valence-corrected chi connectivity index (χ2v) is 6.54. The summed E-state index contributed by atoms with van der Waals surface area (Å²) in [5.41, 5.74) is 3.59. The minimum absolute atomic E-state index is 0.173. The molecule has 1 saturated carbocycles. The number of hydrogen-bond acceptors (Lipinski definition) is 3. The van der Waals surface area contributed by atoms with Gasteiger partial charge in [-0.15, -0.1) is 0 Å². The number of aryl methyl sites for hydroxylation is 1. The average Bonchev–Trinajstić information content (AvgIpc) is 3.40. The van der Waals surface area contributed by atoms with E-state index in [1.165, 1.54) is 5.56 Å². The predicted octanol–water partition coefficient (Wildman–Crippen LogP) is 4.46. The number of hydrogen-bond donors (Lipinski definition) is 1. The fraction of sp³-hybridized carbons (Fsp3) is 0.238. The first kappa shape index (κ1) is 15.6. The van der Waals surface area contributed by atoms with E-state index >= 15 is 0 Å². The minimum atomic E-state index is -0.173. The summed E-state index contributed by atoms with van der Waals surface area (Å²) in [6, 6.07) is 17.8. The molecular weight excluding hydrogens is 312 g/mol. The first-order chi connectivity index (χ1) is 12.2. The molecule has 0 radical (unpaired) electrons. The van der Waals surface area contributed by atoms with Crippen molar-refractivity contribution in [1.29, 1.82) is 0 Å². The van der Waals surface area contributed by atoms with Gasteiger partial charge >= 0.3 is 0 Å². The van der Waals surface area contributed by atoms with E-state index < -0.39 is 0 Å². The Morgan fingerprint density at radius 3 is 2.52 bits per heavy atom. The van der Waals surface area contributed by atoms with Gasteiger partial charge in [0.2, 0.25) is 5.89 Å². The van der Waals surface area contributed by atoms with E-state index in [0.29, 0.717) is 24.0 Å². The van der Waals surface area contributed by atoms with E-state index in [9.17, 15) is 4.79 Å². The molecule has 4 nitrogen and oxygen atoms in total. The number of benzene rings is 2. The molecule has 1 aliphatic rings. The van der Waals surface area contributed by atoms with Gasteiger partial charge in [0.05, 0.1) is 0 Å². The summed E-state index contributed by atoms with van der Waals surface area (Å²) in [5.74, 6) is 1.39. The van der Waals surface area contributed by atoms with Crippen LogP contribution in [0.2, 0.25) is 0 Å². The van der Waals surface area contributed by atoms with Crippen LogP contribution in [-0.2, 0) is 6.54 Å². The Hall–Kier alpha value is -2.88. The van der Waals surface area contributed by atoms with Crippen molar-refractivity contribution in [2.24, 2.45) is 0 Å². The molecule has 1 fully saturated rings. The number of aromatic nitrogens is 1. The summed E-state index contributed by atoms with van der Waals surface area (Å²) in [7, 11) is 0. The maximum atomic E-state index is 12.6. The summed E-state index contributed by atoms with van der Waals surface area (Å²) >= 11 is 0. The average molecular weight is 332 g/mol. The van der Waals surface area contributed by atoms with Crippen LogP contribution in [0.1, 0.15) is 46.1 Å². The summed E-state index contributed by atoms with van der Waals surface area (Å²) in [6.45, 7) is 2.53. The van der Waals surface area contributed by atoms with Crippen LogP contribution < -0.4 is 5.32 Å². The molecule has 2 aromatic carbocycles. The highest BCUT2D eigenvalue weighted by atomic mass is 16.4. The molecule has 1 aromatic heterocycles. The van der Waals surface area contributed by atoms with Gasteiger partial charge in [-0.3, -0.25) is 4.79 Å². The lowest BCUT2D eigenvalue weighted by Gasteiger charge is -2.04. The third kappa shape index (κ3) is 3.48. The fourth-order valence-corrected chi connectivity index (χ4v) is 2.79. The van der Waals surface area contributed by atoms with Crippen molar-refractivity contribution in [3.05, 3.63) is 77.2 Å². The van der Waals surface area contributed by atoms with Crippen LogP contribution >= 0.6 is 0 Å². The van der Waals surface area contributed by atoms with Crippen LogP contribution in [-0.4, -0.2) is 10.9 Å². The molecule has 0 saturated heterocycles. The van der Waals surface area contributed by atoms with Gasteiger partial charge in [-0.25, -0.2) is 4.98 Å². The number of amides is 1. The molecule has 3 aromatic rings. The van der Waals surface area contributed by atoms with Crippen LogP contribution in [0.25, 0.3) is 11.5 Å². The second kappa shape index (κ2) is 6.55. The summed E-state index contributed by atoms with van der Waals surface area (Å²) in [4.78, 5) is 17.1. The lowest BCUT2D eigenvalue weighted by atomic mass is 10.1. The predicted molar refractivity (Wildman–Crippen MR) is 96.3 cm³/mol. The molecule has 1 amide bonds. The number of nitrogens with zero attached hydrogens (tertiary/aromatic N) is 1. The van der Waals surface area contributed by atoms with Crippen molar-refractivity contribution in [2.75, 3.05) is 0 Å². The molecule has 1 aliphatic carbocycles. The van der Waals surface area contributed by atoms with Crippen molar-refractivity contribution >= 4 is 5.91 Å². The zero-order chi connectivity index (χ0) is 17.2. The van der Waals surface area contributed by atoms with Gasteiger partial charge in [0.25, 0.3) is 5.91 Å². The van der Waals surface area contributed by atoms with E-state index in [1.54, 1.807) is 0 Å². The molecule has 4 heteroatoms. The molecule has 0 spiro atoms. The molecule has 0 unspecified atom stereocenters. The highest BCUT2D eigenvalue weighted by molar-refractivity contribution is 5.94. The van der Waals surface area contributed by atoms with E-state index in [0.717, 1.165) is 29.7 Å². The van der Waals surface area contributed by atoms with Crippen LogP contribution in [0, 0.1) is 6.92 Å². The molecule has 1 heterocycles. The first-order valence-electron chi connectivity index (χ1n) is 8.60. The topological polar surface area (TPSA) is 55.1 Å². The van der Waals surface area contributed by atoms with Crippen LogP contribution in [0.4, 0.5) is 0 Å². The Morgan fingerprint density at radius 2 is 1.84 bits per heavy atom. The normalized spacial score (nSPS) is 13.6. The molecule has 126 valence electrons. The summed E-state index contributed by atoms with van der Waals surface area (Å²) in [5, 5.41) is 2.96. The standard InChI is InChI=1S/C21H20N2O2/c1-14-7-9-15(10-8-14)13-22-20(24)18-19(16-11-12-16)25-21(23-18)17-5-3-2-4-6-17/h2-10,16H,11-13H2,1H3,(H,22,24). The Bertz CT molecular complexity index is 878. The van der Waals surface area contributed by atoms with Crippen molar-refractivity contribution in [3.8, 4) is 11.5 Å². The smallest absolute Gasteiger partial charge is 0.273 e. The fourth-order valence-electron chi connectivity index (χ4n) is 2.79. The highest BCUT2D eigenvalue weighted by Crippen LogP contribution is 2.43. The van der Waals surface area contributed by atoms with Crippen LogP contribution in [0.5, 0.6) is 0 Å². The van der Waals surface area contributed by atoms with Gasteiger partial charge in [-0.05, 0) is 37.5 Å². The van der Waals surface area contributed by atoms with Gasteiger partial charge in [0.1, 0.15) is 5.76 Å². The van der Waals surface area contributed by atoms with Gasteiger partial charge < -0.3 is 9.73 Å². The lowest BCUT2D eigenvalue weighted by Crippen LogP contribution is -2.24. The number of carbonyl (C=O) groups is 1. The zero-order valence-corrected chi connectivity index (χ0v) is 14.2. The van der Waals surface area contributed by atoms with Gasteiger partial charge in [-0.2, -0.15) is 0 Å². The Morgan fingerprint density at radius 1 is 1.12 bits per heavy atom. The Kier molecular flexibility index (Phi) is 4.10. The van der Waals surface area contributed by atoms with Gasteiger partial charge in [0.15, 0.2) is 5.69 Å². The van der Waals surface area contributed by atoms with Crippen LogP contribution in [0.3, 0.4) is 0 Å². The number of nitrogens with one attached hydrogen (secondary N) is 1. The van der Waals surface area contributed by atoms with Crippen molar-refractivity contribution in [1.82, 2.24) is 10.3 Å². The highest BCUT2D eigenvalue weighted by Gasteiger charge is 2.34. The quantitative estimate of drug-likeness (QED) is 0.750. The summed E-state index contributed by atoms with van der Waals surface area (Å²) < 4.78 is 5.94. The molecule has 0 bridgehead atoms. The van der Waals surface area contributed by atoms with Gasteiger partial charge in [-0.1, -0.05) is 48.0 Å². The first-order valence-corrected chi connectivity index (χ1v) is 8.60. The largest absolute Gasteiger partial charge is 0.440 e.